The average molecular weight is 477 g/mol. The van der Waals surface area contributed by atoms with E-state index in [0.29, 0.717) is 55.7 Å². The van der Waals surface area contributed by atoms with Gasteiger partial charge in [-0.15, -0.1) is 0 Å². The van der Waals surface area contributed by atoms with Crippen molar-refractivity contribution in [1.82, 2.24) is 19.8 Å². The van der Waals surface area contributed by atoms with E-state index in [-0.39, 0.29) is 5.56 Å². The summed E-state index contributed by atoms with van der Waals surface area (Å²) in [5.41, 5.74) is 0.0521. The number of ether oxygens (including phenoxy) is 1. The third-order valence-electron chi connectivity index (χ3n) is 6.52. The van der Waals surface area contributed by atoms with Gasteiger partial charge < -0.3 is 19.8 Å². The number of aliphatic hydroxyl groups is 2. The Kier molecular flexibility index (Phi) is 7.77. The monoisotopic (exact) mass is 476 g/mol. The van der Waals surface area contributed by atoms with Gasteiger partial charge in [-0.05, 0) is 58.2 Å². The number of alkyl halides is 1. The number of aromatic nitrogens is 2. The van der Waals surface area contributed by atoms with Gasteiger partial charge in [0.1, 0.15) is 17.7 Å². The molecule has 4 rings (SSSR count). The summed E-state index contributed by atoms with van der Waals surface area (Å²) >= 11 is 0. The highest BCUT2D eigenvalue weighted by Crippen LogP contribution is 2.28. The van der Waals surface area contributed by atoms with E-state index in [1.54, 1.807) is 37.1 Å². The summed E-state index contributed by atoms with van der Waals surface area (Å²) in [5.74, 6) is 0.275. The zero-order valence-electron chi connectivity index (χ0n) is 19.8. The number of hydrogen-bond acceptors (Lipinski definition) is 7. The van der Waals surface area contributed by atoms with E-state index in [1.807, 2.05) is 0 Å². The Bertz CT molecular complexity index is 946. The summed E-state index contributed by atoms with van der Waals surface area (Å²) in [6.45, 7) is 6.77. The van der Waals surface area contributed by atoms with Crippen molar-refractivity contribution < 1.29 is 23.7 Å². The number of hydrogen-bond donors (Lipinski definition) is 2. The van der Waals surface area contributed by atoms with Crippen molar-refractivity contribution in [3.05, 3.63) is 42.0 Å². The summed E-state index contributed by atoms with van der Waals surface area (Å²) in [5, 5.41) is 20.1. The third kappa shape index (κ3) is 6.47. The number of likely N-dealkylation sites (tertiary alicyclic amines) is 2. The van der Waals surface area contributed by atoms with Crippen molar-refractivity contribution in [2.75, 3.05) is 39.3 Å². The normalized spacial score (nSPS) is 21.6. The van der Waals surface area contributed by atoms with E-state index < -0.39 is 23.8 Å². The number of nitrogens with zero attached hydrogens (tertiary/aromatic N) is 4. The molecule has 2 N–H and O–H groups in total. The predicted octanol–water partition coefficient (Wildman–Crippen LogP) is 3.18. The maximum absolute atomic E-state index is 14.7. The number of aliphatic hydroxyl groups excluding tert-OH is 2. The van der Waals surface area contributed by atoms with Crippen LogP contribution in [0.2, 0.25) is 0 Å². The topological polar surface area (TPSA) is 82.0 Å². The molecule has 34 heavy (non-hydrogen) atoms. The first-order valence-electron chi connectivity index (χ1n) is 11.9. The first kappa shape index (κ1) is 24.9. The van der Waals surface area contributed by atoms with Crippen LogP contribution in [0.4, 0.5) is 8.78 Å². The van der Waals surface area contributed by atoms with Crippen LogP contribution in [0.1, 0.15) is 44.9 Å². The minimum Gasteiger partial charge on any atom is -0.476 e. The summed E-state index contributed by atoms with van der Waals surface area (Å²) in [6.07, 6.45) is 3.96. The van der Waals surface area contributed by atoms with Crippen molar-refractivity contribution in [3.63, 3.8) is 0 Å². The zero-order valence-corrected chi connectivity index (χ0v) is 19.8. The second kappa shape index (κ2) is 10.6. The number of halogens is 2. The van der Waals surface area contributed by atoms with E-state index in [9.17, 15) is 19.0 Å². The Labute approximate surface area is 199 Å². The fourth-order valence-corrected chi connectivity index (χ4v) is 4.67. The van der Waals surface area contributed by atoms with Gasteiger partial charge >= 0.3 is 0 Å². The Balaban J connectivity index is 1.29. The molecule has 2 saturated heterocycles. The number of benzene rings is 1. The average Bonchev–Trinajstić information content (AvgIpc) is 3.24. The van der Waals surface area contributed by atoms with Gasteiger partial charge in [-0.25, -0.2) is 18.7 Å². The first-order valence-corrected chi connectivity index (χ1v) is 11.9. The Morgan fingerprint density at radius 3 is 2.50 bits per heavy atom. The molecule has 7 nitrogen and oxygen atoms in total. The Morgan fingerprint density at radius 2 is 1.91 bits per heavy atom. The van der Waals surface area contributed by atoms with Crippen molar-refractivity contribution in [3.8, 4) is 17.1 Å². The maximum atomic E-state index is 14.7. The maximum Gasteiger partial charge on any atom is 0.232 e. The summed E-state index contributed by atoms with van der Waals surface area (Å²) in [6, 6.07) is 4.58. The summed E-state index contributed by atoms with van der Waals surface area (Å²) < 4.78 is 34.4. The number of β-amino-alcohol motifs (C(OH)–C–C–N with tert-alkyl or cyclic N) is 1. The highest BCUT2D eigenvalue weighted by atomic mass is 19.1. The molecule has 186 valence electrons. The quantitative estimate of drug-likeness (QED) is 0.606. The van der Waals surface area contributed by atoms with Gasteiger partial charge in [0.2, 0.25) is 5.88 Å². The van der Waals surface area contributed by atoms with Crippen LogP contribution in [-0.4, -0.2) is 81.1 Å². The van der Waals surface area contributed by atoms with E-state index in [0.717, 1.165) is 25.9 Å². The van der Waals surface area contributed by atoms with Gasteiger partial charge in [-0.2, -0.15) is 0 Å². The van der Waals surface area contributed by atoms with E-state index >= 15 is 0 Å². The van der Waals surface area contributed by atoms with Crippen LogP contribution >= 0.6 is 0 Å². The molecule has 2 fully saturated rings. The molecule has 0 bridgehead atoms. The van der Waals surface area contributed by atoms with Crippen molar-refractivity contribution in [2.24, 2.45) is 5.92 Å². The molecular formula is C25H34F2N4O3. The first-order chi connectivity index (χ1) is 16.2. The second-order valence-corrected chi connectivity index (χ2v) is 10.0. The van der Waals surface area contributed by atoms with Gasteiger partial charge in [-0.1, -0.05) is 12.1 Å². The molecule has 2 aromatic rings. The molecule has 0 saturated carbocycles. The van der Waals surface area contributed by atoms with Gasteiger partial charge in [0.05, 0.1) is 30.8 Å². The van der Waals surface area contributed by atoms with E-state index in [4.69, 9.17) is 4.74 Å². The molecular weight excluding hydrogens is 442 g/mol. The molecule has 0 aliphatic carbocycles. The van der Waals surface area contributed by atoms with Gasteiger partial charge in [0, 0.05) is 30.8 Å². The van der Waals surface area contributed by atoms with Crippen LogP contribution in [0.3, 0.4) is 0 Å². The molecule has 1 aromatic carbocycles. The lowest BCUT2D eigenvalue weighted by molar-refractivity contribution is 0.00777. The highest BCUT2D eigenvalue weighted by Gasteiger charge is 2.28. The lowest BCUT2D eigenvalue weighted by atomic mass is 9.97. The number of rotatable bonds is 8. The van der Waals surface area contributed by atoms with Crippen molar-refractivity contribution in [1.29, 1.82) is 0 Å². The Morgan fingerprint density at radius 1 is 1.15 bits per heavy atom. The smallest absolute Gasteiger partial charge is 0.232 e. The largest absolute Gasteiger partial charge is 0.476 e. The molecule has 0 radical (unpaired) electrons. The van der Waals surface area contributed by atoms with Gasteiger partial charge in [0.15, 0.2) is 0 Å². The van der Waals surface area contributed by atoms with Crippen LogP contribution in [0.5, 0.6) is 5.88 Å². The fraction of sp³-hybridized carbons (Fsp3) is 0.600. The standard InChI is InChI=1S/C25H34F2N4O3/c1-25(2,27)16-30-8-5-17(6-9-30)15-34-23-13-28-22(12-29-23)18-3-4-20(21(26)11-18)24(33)31-10-7-19(32)14-31/h3-4,11-13,17,19,24,32-33H,5-10,14-16H2,1-2H3. The van der Waals surface area contributed by atoms with E-state index in [2.05, 4.69) is 14.9 Å². The highest BCUT2D eigenvalue weighted by molar-refractivity contribution is 5.59. The lowest BCUT2D eigenvalue weighted by Gasteiger charge is -2.34. The molecule has 9 heteroatoms. The van der Waals surface area contributed by atoms with E-state index in [1.165, 1.54) is 12.3 Å². The van der Waals surface area contributed by atoms with Gasteiger partial charge in [-0.3, -0.25) is 4.90 Å². The zero-order chi connectivity index (χ0) is 24.3. The van der Waals surface area contributed by atoms with Crippen LogP contribution in [-0.2, 0) is 0 Å². The number of piperidine rings is 1. The molecule has 2 aliphatic rings. The lowest BCUT2D eigenvalue weighted by Crippen LogP contribution is -2.41. The van der Waals surface area contributed by atoms with Crippen LogP contribution < -0.4 is 4.74 Å². The Hall–Kier alpha value is -2.20. The van der Waals surface area contributed by atoms with Crippen molar-refractivity contribution >= 4 is 0 Å². The molecule has 3 heterocycles. The van der Waals surface area contributed by atoms with Gasteiger partial charge in [0.25, 0.3) is 0 Å². The van der Waals surface area contributed by atoms with Crippen LogP contribution in [0.15, 0.2) is 30.6 Å². The summed E-state index contributed by atoms with van der Waals surface area (Å²) in [4.78, 5) is 12.5. The minimum atomic E-state index is -1.18. The van der Waals surface area contributed by atoms with Crippen molar-refractivity contribution in [2.45, 2.75) is 51.1 Å². The minimum absolute atomic E-state index is 0.173. The van der Waals surface area contributed by atoms with Crippen LogP contribution in [0.25, 0.3) is 11.3 Å². The molecule has 0 amide bonds. The van der Waals surface area contributed by atoms with Crippen LogP contribution in [0, 0.1) is 11.7 Å². The molecule has 2 unspecified atom stereocenters. The molecule has 2 aliphatic heterocycles. The third-order valence-corrected chi connectivity index (χ3v) is 6.52. The molecule has 1 aromatic heterocycles. The second-order valence-electron chi connectivity index (χ2n) is 10.0. The fourth-order valence-electron chi connectivity index (χ4n) is 4.67. The summed E-state index contributed by atoms with van der Waals surface area (Å²) in [7, 11) is 0. The molecule has 0 spiro atoms. The predicted molar refractivity (Wildman–Crippen MR) is 124 cm³/mol. The molecule has 2 atom stereocenters. The SMILES string of the molecule is CC(C)(F)CN1CCC(COc2cnc(-c3ccc(C(O)N4CCC(O)C4)c(F)c3)cn2)CC1.